The summed E-state index contributed by atoms with van der Waals surface area (Å²) in [5.74, 6) is -1.08. The number of carbonyl (C=O) groups is 2. The Morgan fingerprint density at radius 1 is 1.50 bits per heavy atom. The molecule has 0 aromatic rings. The van der Waals surface area contributed by atoms with Crippen LogP contribution < -0.4 is 5.32 Å². The number of amides is 2. The van der Waals surface area contributed by atoms with Crippen molar-refractivity contribution < 1.29 is 19.8 Å². The van der Waals surface area contributed by atoms with Crippen molar-refractivity contribution in [3.8, 4) is 0 Å². The maximum atomic E-state index is 11.9. The van der Waals surface area contributed by atoms with Crippen LogP contribution in [0.4, 0.5) is 4.79 Å². The lowest BCUT2D eigenvalue weighted by molar-refractivity contribution is -0.141. The van der Waals surface area contributed by atoms with Crippen LogP contribution in [0.3, 0.4) is 0 Å². The summed E-state index contributed by atoms with van der Waals surface area (Å²) in [4.78, 5) is 26.3. The number of aliphatic hydroxyl groups is 1. The molecule has 0 spiro atoms. The largest absolute Gasteiger partial charge is 0.480 e. The molecule has 1 fully saturated rings. The van der Waals surface area contributed by atoms with Gasteiger partial charge in [0.25, 0.3) is 0 Å². The molecular formula is C13H25N3O4. The highest BCUT2D eigenvalue weighted by atomic mass is 16.4. The van der Waals surface area contributed by atoms with E-state index in [4.69, 9.17) is 5.11 Å². The van der Waals surface area contributed by atoms with E-state index in [1.165, 1.54) is 4.90 Å². The highest BCUT2D eigenvalue weighted by Crippen LogP contribution is 2.17. The Morgan fingerprint density at radius 3 is 2.70 bits per heavy atom. The van der Waals surface area contributed by atoms with E-state index >= 15 is 0 Å². The van der Waals surface area contributed by atoms with E-state index in [0.29, 0.717) is 19.1 Å². The SMILES string of the molecule is CCC(C)N(C)CCNC(=O)N1CC(O)C[C@H]1C(=O)O. The molecule has 1 rings (SSSR count). The molecule has 2 unspecified atom stereocenters. The summed E-state index contributed by atoms with van der Waals surface area (Å²) >= 11 is 0. The van der Waals surface area contributed by atoms with E-state index in [1.54, 1.807) is 0 Å². The standard InChI is InChI=1S/C13H25N3O4/c1-4-9(2)15(3)6-5-14-13(20)16-8-10(17)7-11(16)12(18)19/h9-11,17H,4-8H2,1-3H3,(H,14,20)(H,18,19)/t9?,10?,11-/m0/s1. The van der Waals surface area contributed by atoms with Gasteiger partial charge in [-0.05, 0) is 20.4 Å². The monoisotopic (exact) mass is 287 g/mol. The first-order chi connectivity index (χ1) is 9.36. The molecule has 20 heavy (non-hydrogen) atoms. The van der Waals surface area contributed by atoms with Crippen molar-refractivity contribution in [1.82, 2.24) is 15.1 Å². The Kier molecular flexibility index (Phi) is 6.22. The molecule has 3 N–H and O–H groups in total. The van der Waals surface area contributed by atoms with Crippen LogP contribution >= 0.6 is 0 Å². The molecule has 0 aromatic carbocycles. The van der Waals surface area contributed by atoms with Gasteiger partial charge in [0, 0.05) is 32.1 Å². The van der Waals surface area contributed by atoms with Crippen LogP contribution in [0.5, 0.6) is 0 Å². The molecule has 116 valence electrons. The molecule has 0 bridgehead atoms. The Balaban J connectivity index is 2.40. The van der Waals surface area contributed by atoms with Crippen molar-refractivity contribution in [3.63, 3.8) is 0 Å². The number of carbonyl (C=O) groups excluding carboxylic acids is 1. The molecule has 7 heteroatoms. The minimum Gasteiger partial charge on any atom is -0.480 e. The van der Waals surface area contributed by atoms with Crippen LogP contribution in [0.2, 0.25) is 0 Å². The lowest BCUT2D eigenvalue weighted by Crippen LogP contribution is -2.48. The fraction of sp³-hybridized carbons (Fsp3) is 0.846. The first-order valence-electron chi connectivity index (χ1n) is 7.02. The Bertz CT molecular complexity index is 351. The molecule has 0 aliphatic carbocycles. The zero-order valence-corrected chi connectivity index (χ0v) is 12.4. The fourth-order valence-electron chi connectivity index (χ4n) is 2.25. The summed E-state index contributed by atoms with van der Waals surface area (Å²) in [5.41, 5.74) is 0. The van der Waals surface area contributed by atoms with E-state index in [0.717, 1.165) is 6.42 Å². The van der Waals surface area contributed by atoms with Crippen LogP contribution in [0.25, 0.3) is 0 Å². The first kappa shape index (κ1) is 16.7. The number of urea groups is 1. The minimum atomic E-state index is -1.08. The number of nitrogens with zero attached hydrogens (tertiary/aromatic N) is 2. The number of rotatable bonds is 6. The van der Waals surface area contributed by atoms with Crippen LogP contribution in [0.15, 0.2) is 0 Å². The van der Waals surface area contributed by atoms with Crippen LogP contribution in [-0.4, -0.2) is 76.9 Å². The maximum absolute atomic E-state index is 11.9. The number of likely N-dealkylation sites (tertiary alicyclic amines) is 1. The number of hydrogen-bond donors (Lipinski definition) is 3. The predicted molar refractivity (Wildman–Crippen MR) is 74.5 cm³/mol. The van der Waals surface area contributed by atoms with E-state index < -0.39 is 24.1 Å². The predicted octanol–water partition coefficient (Wildman–Crippen LogP) is -0.0539. The summed E-state index contributed by atoms with van der Waals surface area (Å²) in [6.07, 6.45) is 0.365. The summed E-state index contributed by atoms with van der Waals surface area (Å²) in [6, 6.07) is -0.920. The summed E-state index contributed by atoms with van der Waals surface area (Å²) in [6.45, 7) is 5.44. The Morgan fingerprint density at radius 2 is 2.15 bits per heavy atom. The van der Waals surface area contributed by atoms with Crippen molar-refractivity contribution in [3.05, 3.63) is 0 Å². The average molecular weight is 287 g/mol. The van der Waals surface area contributed by atoms with Gasteiger partial charge in [-0.25, -0.2) is 9.59 Å². The summed E-state index contributed by atoms with van der Waals surface area (Å²) in [5, 5.41) is 21.2. The normalized spacial score (nSPS) is 23.9. The number of likely N-dealkylation sites (N-methyl/N-ethyl adjacent to an activating group) is 1. The van der Waals surface area contributed by atoms with Gasteiger partial charge in [0.15, 0.2) is 0 Å². The van der Waals surface area contributed by atoms with Crippen LogP contribution in [-0.2, 0) is 4.79 Å². The van der Waals surface area contributed by atoms with Gasteiger partial charge < -0.3 is 25.3 Å². The zero-order valence-electron chi connectivity index (χ0n) is 12.4. The fourth-order valence-corrected chi connectivity index (χ4v) is 2.25. The molecule has 1 aliphatic rings. The molecule has 0 aromatic heterocycles. The number of carboxylic acid groups (broad SMARTS) is 1. The molecule has 7 nitrogen and oxygen atoms in total. The van der Waals surface area contributed by atoms with E-state index in [1.807, 2.05) is 7.05 Å². The molecule has 1 aliphatic heterocycles. The molecule has 2 amide bonds. The third-order valence-electron chi connectivity index (χ3n) is 3.91. The molecule has 1 heterocycles. The Hall–Kier alpha value is -1.34. The minimum absolute atomic E-state index is 0.0734. The lowest BCUT2D eigenvalue weighted by Gasteiger charge is -2.25. The maximum Gasteiger partial charge on any atom is 0.326 e. The van der Waals surface area contributed by atoms with Crippen molar-refractivity contribution in [1.29, 1.82) is 0 Å². The molecule has 3 atom stereocenters. The second-order valence-electron chi connectivity index (χ2n) is 5.37. The third kappa shape index (κ3) is 4.35. The van der Waals surface area contributed by atoms with Crippen molar-refractivity contribution >= 4 is 12.0 Å². The van der Waals surface area contributed by atoms with Crippen molar-refractivity contribution in [2.45, 2.75) is 44.9 Å². The lowest BCUT2D eigenvalue weighted by atomic mass is 10.2. The highest BCUT2D eigenvalue weighted by molar-refractivity contribution is 5.83. The number of aliphatic hydroxyl groups excluding tert-OH is 1. The zero-order chi connectivity index (χ0) is 15.3. The molecule has 0 saturated carbocycles. The number of nitrogens with one attached hydrogen (secondary N) is 1. The number of aliphatic carboxylic acids is 1. The quantitative estimate of drug-likeness (QED) is 0.637. The third-order valence-corrected chi connectivity index (χ3v) is 3.91. The van der Waals surface area contributed by atoms with Gasteiger partial charge in [0.05, 0.1) is 6.10 Å². The van der Waals surface area contributed by atoms with Crippen LogP contribution in [0, 0.1) is 0 Å². The van der Waals surface area contributed by atoms with Gasteiger partial charge in [-0.1, -0.05) is 6.92 Å². The number of hydrogen-bond acceptors (Lipinski definition) is 4. The van der Waals surface area contributed by atoms with Crippen molar-refractivity contribution in [2.75, 3.05) is 26.7 Å². The first-order valence-corrected chi connectivity index (χ1v) is 7.02. The van der Waals surface area contributed by atoms with Gasteiger partial charge in [-0.3, -0.25) is 0 Å². The topological polar surface area (TPSA) is 93.1 Å². The summed E-state index contributed by atoms with van der Waals surface area (Å²) < 4.78 is 0. The van der Waals surface area contributed by atoms with E-state index in [-0.39, 0.29) is 13.0 Å². The van der Waals surface area contributed by atoms with Gasteiger partial charge >= 0.3 is 12.0 Å². The molecule has 1 saturated heterocycles. The van der Waals surface area contributed by atoms with Crippen molar-refractivity contribution in [2.24, 2.45) is 0 Å². The van der Waals surface area contributed by atoms with Gasteiger partial charge in [-0.15, -0.1) is 0 Å². The summed E-state index contributed by atoms with van der Waals surface area (Å²) in [7, 11) is 1.99. The van der Waals surface area contributed by atoms with Gasteiger partial charge in [0.2, 0.25) is 0 Å². The van der Waals surface area contributed by atoms with Gasteiger partial charge in [-0.2, -0.15) is 0 Å². The average Bonchev–Trinajstić information content (AvgIpc) is 2.79. The number of β-amino-alcohol motifs (C(OH)–C–C–N with tert-alkyl or cyclic N) is 1. The van der Waals surface area contributed by atoms with Crippen LogP contribution in [0.1, 0.15) is 26.7 Å². The van der Waals surface area contributed by atoms with E-state index in [9.17, 15) is 14.7 Å². The Labute approximate surface area is 119 Å². The number of carboxylic acids is 1. The second kappa shape index (κ2) is 7.44. The van der Waals surface area contributed by atoms with Gasteiger partial charge in [0.1, 0.15) is 6.04 Å². The smallest absolute Gasteiger partial charge is 0.326 e. The highest BCUT2D eigenvalue weighted by Gasteiger charge is 2.38. The molecule has 0 radical (unpaired) electrons. The molecular weight excluding hydrogens is 262 g/mol. The second-order valence-corrected chi connectivity index (χ2v) is 5.37. The van der Waals surface area contributed by atoms with E-state index in [2.05, 4.69) is 24.1 Å².